The maximum Gasteiger partial charge on any atom is 0.254 e. The molecule has 0 aliphatic heterocycles. The Balaban J connectivity index is 1.34. The van der Waals surface area contributed by atoms with Gasteiger partial charge in [0.25, 0.3) is 5.91 Å². The van der Waals surface area contributed by atoms with Gasteiger partial charge in [-0.25, -0.2) is 9.37 Å². The minimum Gasteiger partial charge on any atom is -0.440 e. The van der Waals surface area contributed by atoms with Crippen molar-refractivity contribution < 1.29 is 13.6 Å². The van der Waals surface area contributed by atoms with Gasteiger partial charge in [-0.3, -0.25) is 4.79 Å². The molecule has 2 aromatic heterocycles. The number of benzene rings is 3. The van der Waals surface area contributed by atoms with E-state index in [0.29, 0.717) is 35.5 Å². The van der Waals surface area contributed by atoms with Crippen LogP contribution in [-0.4, -0.2) is 27.8 Å². The topological polar surface area (TPSA) is 62.1 Å². The molecule has 5 rings (SSSR count). The highest BCUT2D eigenvalue weighted by Crippen LogP contribution is 2.21. The molecule has 0 radical (unpaired) electrons. The zero-order valence-corrected chi connectivity index (χ0v) is 16.9. The van der Waals surface area contributed by atoms with Crippen LogP contribution in [0.1, 0.15) is 27.5 Å². The summed E-state index contributed by atoms with van der Waals surface area (Å²) in [4.78, 5) is 22.4. The Morgan fingerprint density at radius 2 is 1.90 bits per heavy atom. The zero-order chi connectivity index (χ0) is 21.4. The second kappa shape index (κ2) is 7.72. The average molecular weight is 413 g/mol. The van der Waals surface area contributed by atoms with Crippen LogP contribution in [0, 0.1) is 5.82 Å². The summed E-state index contributed by atoms with van der Waals surface area (Å²) in [5, 5.41) is 0.783. The second-order valence-electron chi connectivity index (χ2n) is 7.64. The van der Waals surface area contributed by atoms with E-state index < -0.39 is 0 Å². The van der Waals surface area contributed by atoms with E-state index in [1.54, 1.807) is 36.2 Å². The molecular weight excluding hydrogens is 393 g/mol. The number of aromatic amines is 1. The first-order valence-electron chi connectivity index (χ1n) is 10.0. The monoisotopic (exact) mass is 413 g/mol. The Morgan fingerprint density at radius 1 is 1.06 bits per heavy atom. The Bertz CT molecular complexity index is 1390. The summed E-state index contributed by atoms with van der Waals surface area (Å²) in [7, 11) is 1.74. The van der Waals surface area contributed by atoms with Gasteiger partial charge >= 0.3 is 0 Å². The van der Waals surface area contributed by atoms with Gasteiger partial charge in [-0.15, -0.1) is 0 Å². The fourth-order valence-corrected chi connectivity index (χ4v) is 3.75. The third kappa shape index (κ3) is 3.92. The smallest absolute Gasteiger partial charge is 0.254 e. The third-order valence-corrected chi connectivity index (χ3v) is 5.27. The number of carbonyl (C=O) groups is 1. The largest absolute Gasteiger partial charge is 0.440 e. The average Bonchev–Trinajstić information content (AvgIpc) is 3.35. The van der Waals surface area contributed by atoms with E-state index in [2.05, 4.69) is 9.97 Å². The number of fused-ring (bicyclic) bond motifs is 2. The van der Waals surface area contributed by atoms with E-state index in [4.69, 9.17) is 4.42 Å². The Hall–Kier alpha value is -3.93. The van der Waals surface area contributed by atoms with Crippen LogP contribution >= 0.6 is 0 Å². The van der Waals surface area contributed by atoms with Crippen molar-refractivity contribution in [3.05, 3.63) is 101 Å². The van der Waals surface area contributed by atoms with Gasteiger partial charge in [-0.05, 0) is 48.0 Å². The van der Waals surface area contributed by atoms with Gasteiger partial charge < -0.3 is 14.3 Å². The highest BCUT2D eigenvalue weighted by atomic mass is 19.1. The Labute approximate surface area is 178 Å². The molecule has 1 amide bonds. The summed E-state index contributed by atoms with van der Waals surface area (Å²) in [5.41, 5.74) is 4.64. The number of nitrogens with one attached hydrogen (secondary N) is 1. The minimum atomic E-state index is -0.282. The molecule has 3 aromatic carbocycles. The molecule has 0 spiro atoms. The molecule has 154 valence electrons. The summed E-state index contributed by atoms with van der Waals surface area (Å²) in [5.74, 6) is 0.207. The zero-order valence-electron chi connectivity index (χ0n) is 16.9. The number of halogens is 1. The number of aromatic nitrogens is 2. The highest BCUT2D eigenvalue weighted by Gasteiger charge is 2.16. The van der Waals surface area contributed by atoms with E-state index in [1.165, 1.54) is 12.1 Å². The van der Waals surface area contributed by atoms with E-state index in [1.807, 2.05) is 36.4 Å². The van der Waals surface area contributed by atoms with Gasteiger partial charge in [0.15, 0.2) is 11.5 Å². The van der Waals surface area contributed by atoms with Crippen molar-refractivity contribution in [2.24, 2.45) is 0 Å². The number of rotatable bonds is 5. The number of H-pyrrole nitrogens is 1. The van der Waals surface area contributed by atoms with Crippen molar-refractivity contribution in [3.8, 4) is 0 Å². The molecule has 0 unspecified atom stereocenters. The van der Waals surface area contributed by atoms with Crippen LogP contribution < -0.4 is 0 Å². The van der Waals surface area contributed by atoms with Crippen LogP contribution in [-0.2, 0) is 13.0 Å². The Kier molecular flexibility index (Phi) is 4.75. The lowest BCUT2D eigenvalue weighted by molar-refractivity contribution is 0.0784. The molecule has 0 atom stereocenters. The molecule has 0 saturated carbocycles. The van der Waals surface area contributed by atoms with Gasteiger partial charge in [0.05, 0.1) is 6.54 Å². The summed E-state index contributed by atoms with van der Waals surface area (Å²) in [6, 6.07) is 21.7. The lowest BCUT2D eigenvalue weighted by atomic mass is 10.1. The SMILES string of the molecule is CN(Cc1cc2cc(F)ccc2[nH]1)C(=O)c1ccc2oc(Cc3ccccc3)nc2c1. The lowest BCUT2D eigenvalue weighted by Gasteiger charge is -2.16. The van der Waals surface area contributed by atoms with Gasteiger partial charge in [-0.2, -0.15) is 0 Å². The number of nitrogens with zero attached hydrogens (tertiary/aromatic N) is 2. The van der Waals surface area contributed by atoms with Crippen LogP contribution in [0.5, 0.6) is 0 Å². The molecule has 0 bridgehead atoms. The van der Waals surface area contributed by atoms with E-state index >= 15 is 0 Å². The first-order chi connectivity index (χ1) is 15.0. The van der Waals surface area contributed by atoms with Crippen molar-refractivity contribution in [2.75, 3.05) is 7.05 Å². The van der Waals surface area contributed by atoms with Crippen molar-refractivity contribution in [2.45, 2.75) is 13.0 Å². The molecule has 1 N–H and O–H groups in total. The number of oxazole rings is 1. The van der Waals surface area contributed by atoms with Crippen molar-refractivity contribution in [1.82, 2.24) is 14.9 Å². The summed E-state index contributed by atoms with van der Waals surface area (Å²) >= 11 is 0. The molecule has 5 aromatic rings. The number of amides is 1. The molecule has 2 heterocycles. The van der Waals surface area contributed by atoms with Crippen LogP contribution in [0.15, 0.2) is 77.2 Å². The van der Waals surface area contributed by atoms with Crippen LogP contribution in [0.3, 0.4) is 0 Å². The van der Waals surface area contributed by atoms with E-state index in [9.17, 15) is 9.18 Å². The van der Waals surface area contributed by atoms with Crippen molar-refractivity contribution in [3.63, 3.8) is 0 Å². The molecule has 31 heavy (non-hydrogen) atoms. The highest BCUT2D eigenvalue weighted by molar-refractivity contribution is 5.97. The standard InChI is InChI=1S/C25H20FN3O2/c1-29(15-20-13-18-12-19(26)8-9-21(18)27-20)25(30)17-7-10-23-22(14-17)28-24(31-23)11-16-5-3-2-4-6-16/h2-10,12-14,27H,11,15H2,1H3. The normalized spacial score (nSPS) is 11.3. The summed E-state index contributed by atoms with van der Waals surface area (Å²) in [6.07, 6.45) is 0.597. The summed E-state index contributed by atoms with van der Waals surface area (Å²) < 4.78 is 19.3. The molecular formula is C25H20FN3O2. The van der Waals surface area contributed by atoms with E-state index in [0.717, 1.165) is 22.2 Å². The molecule has 6 heteroatoms. The minimum absolute atomic E-state index is 0.126. The van der Waals surface area contributed by atoms with Crippen LogP contribution in [0.25, 0.3) is 22.0 Å². The molecule has 0 aliphatic rings. The fraction of sp³-hybridized carbons (Fsp3) is 0.120. The van der Waals surface area contributed by atoms with Gasteiger partial charge in [0.2, 0.25) is 0 Å². The first-order valence-corrected chi connectivity index (χ1v) is 10.0. The van der Waals surface area contributed by atoms with Crippen molar-refractivity contribution in [1.29, 1.82) is 0 Å². The number of hydrogen-bond donors (Lipinski definition) is 1. The quantitative estimate of drug-likeness (QED) is 0.425. The molecule has 0 saturated heterocycles. The van der Waals surface area contributed by atoms with Gasteiger partial charge in [-0.1, -0.05) is 30.3 Å². The van der Waals surface area contributed by atoms with Gasteiger partial charge in [0.1, 0.15) is 11.3 Å². The molecule has 5 nitrogen and oxygen atoms in total. The Morgan fingerprint density at radius 3 is 2.74 bits per heavy atom. The first kappa shape index (κ1) is 19.1. The van der Waals surface area contributed by atoms with Gasteiger partial charge in [0, 0.05) is 35.6 Å². The molecule has 0 aliphatic carbocycles. The number of hydrogen-bond acceptors (Lipinski definition) is 3. The maximum absolute atomic E-state index is 13.4. The van der Waals surface area contributed by atoms with Crippen LogP contribution in [0.4, 0.5) is 4.39 Å². The van der Waals surface area contributed by atoms with E-state index in [-0.39, 0.29) is 11.7 Å². The summed E-state index contributed by atoms with van der Waals surface area (Å²) in [6.45, 7) is 0.380. The fourth-order valence-electron chi connectivity index (χ4n) is 3.75. The van der Waals surface area contributed by atoms with Crippen molar-refractivity contribution >= 4 is 27.9 Å². The maximum atomic E-state index is 13.4. The predicted octanol–water partition coefficient (Wildman–Crippen LogP) is 5.31. The lowest BCUT2D eigenvalue weighted by Crippen LogP contribution is -2.26. The van der Waals surface area contributed by atoms with Crippen LogP contribution in [0.2, 0.25) is 0 Å². The third-order valence-electron chi connectivity index (χ3n) is 5.27. The predicted molar refractivity (Wildman–Crippen MR) is 117 cm³/mol. The molecule has 0 fully saturated rings. The second-order valence-corrected chi connectivity index (χ2v) is 7.64. The number of carbonyl (C=O) groups excluding carboxylic acids is 1.